The third kappa shape index (κ3) is 3.21. The van der Waals surface area contributed by atoms with Crippen molar-refractivity contribution in [2.24, 2.45) is 5.92 Å². The first-order chi connectivity index (χ1) is 10.3. The minimum Gasteiger partial charge on any atom is -0.341 e. The van der Waals surface area contributed by atoms with Gasteiger partial charge in [-0.15, -0.1) is 0 Å². The Bertz CT molecular complexity index is 584. The Kier molecular flexibility index (Phi) is 4.75. The van der Waals surface area contributed by atoms with E-state index in [4.69, 9.17) is 0 Å². The summed E-state index contributed by atoms with van der Waals surface area (Å²) in [6, 6.07) is 0.579. The zero-order chi connectivity index (χ0) is 14.7. The number of imidazole rings is 1. The topological polar surface area (TPSA) is 66.5 Å². The van der Waals surface area contributed by atoms with Crippen LogP contribution in [0.15, 0.2) is 17.7 Å². The van der Waals surface area contributed by atoms with Crippen LogP contribution in [0.25, 0.3) is 11.2 Å². The Balaban J connectivity index is 1.80. The van der Waals surface area contributed by atoms with Crippen molar-refractivity contribution in [2.45, 2.75) is 55.8 Å². The number of H-pyrrole nitrogens is 1. The number of hydrogen-bond donors (Lipinski definition) is 2. The molecule has 2 aromatic heterocycles. The molecule has 0 saturated heterocycles. The van der Waals surface area contributed by atoms with Crippen molar-refractivity contribution in [3.05, 3.63) is 12.7 Å². The van der Waals surface area contributed by atoms with Crippen LogP contribution in [0, 0.1) is 5.92 Å². The first-order valence-electron chi connectivity index (χ1n) is 7.85. The third-order valence-corrected chi connectivity index (χ3v) is 5.75. The van der Waals surface area contributed by atoms with Crippen molar-refractivity contribution >= 4 is 22.9 Å². The van der Waals surface area contributed by atoms with E-state index in [1.54, 1.807) is 12.7 Å². The van der Waals surface area contributed by atoms with Crippen LogP contribution in [0.1, 0.15) is 39.5 Å². The number of fused-ring (bicyclic) bond motifs is 1. The zero-order valence-electron chi connectivity index (χ0n) is 12.7. The Morgan fingerprint density at radius 2 is 2.19 bits per heavy atom. The number of aromatic amines is 1. The van der Waals surface area contributed by atoms with Gasteiger partial charge in [0.05, 0.1) is 6.33 Å². The molecule has 3 rings (SSSR count). The molecule has 2 N–H and O–H groups in total. The maximum atomic E-state index is 4.47. The van der Waals surface area contributed by atoms with Crippen molar-refractivity contribution in [3.63, 3.8) is 0 Å². The summed E-state index contributed by atoms with van der Waals surface area (Å²) in [5.41, 5.74) is 1.73. The highest BCUT2D eigenvalue weighted by atomic mass is 32.2. The first-order valence-corrected chi connectivity index (χ1v) is 8.73. The summed E-state index contributed by atoms with van der Waals surface area (Å²) in [5.74, 6) is 0.844. The minimum absolute atomic E-state index is 0.574. The fourth-order valence-corrected chi connectivity index (χ4v) is 4.61. The summed E-state index contributed by atoms with van der Waals surface area (Å²) in [5, 5.41) is 5.26. The summed E-state index contributed by atoms with van der Waals surface area (Å²) in [6.45, 7) is 5.52. The largest absolute Gasteiger partial charge is 0.341 e. The van der Waals surface area contributed by atoms with Gasteiger partial charge in [-0.3, -0.25) is 0 Å². The smallest absolute Gasteiger partial charge is 0.181 e. The van der Waals surface area contributed by atoms with E-state index in [9.17, 15) is 0 Å². The Labute approximate surface area is 129 Å². The predicted molar refractivity (Wildman–Crippen MR) is 86.4 cm³/mol. The molecule has 0 aromatic carbocycles. The number of rotatable bonds is 5. The fraction of sp³-hybridized carbons (Fsp3) is 0.667. The molecule has 2 aromatic rings. The van der Waals surface area contributed by atoms with E-state index in [0.29, 0.717) is 11.3 Å². The van der Waals surface area contributed by atoms with Gasteiger partial charge in [0.1, 0.15) is 16.9 Å². The molecule has 0 spiro atoms. The quantitative estimate of drug-likeness (QED) is 0.831. The first kappa shape index (κ1) is 14.8. The highest BCUT2D eigenvalue weighted by Gasteiger charge is 2.30. The monoisotopic (exact) mass is 305 g/mol. The van der Waals surface area contributed by atoms with E-state index < -0.39 is 0 Å². The second-order valence-electron chi connectivity index (χ2n) is 5.69. The van der Waals surface area contributed by atoms with Gasteiger partial charge in [0.25, 0.3) is 0 Å². The van der Waals surface area contributed by atoms with E-state index in [1.165, 1.54) is 25.7 Å². The molecule has 1 aliphatic carbocycles. The van der Waals surface area contributed by atoms with Gasteiger partial charge in [0.2, 0.25) is 0 Å². The molecule has 114 valence electrons. The van der Waals surface area contributed by atoms with Crippen LogP contribution in [0.3, 0.4) is 0 Å². The summed E-state index contributed by atoms with van der Waals surface area (Å²) in [7, 11) is 0. The Hall–Kier alpha value is -1.14. The lowest BCUT2D eigenvalue weighted by molar-refractivity contribution is 0.297. The molecule has 0 bridgehead atoms. The van der Waals surface area contributed by atoms with Crippen molar-refractivity contribution in [3.8, 4) is 0 Å². The van der Waals surface area contributed by atoms with Gasteiger partial charge in [-0.05, 0) is 31.7 Å². The minimum atomic E-state index is 0.574. The van der Waals surface area contributed by atoms with Gasteiger partial charge in [0.15, 0.2) is 5.65 Å². The van der Waals surface area contributed by atoms with E-state index in [0.717, 1.165) is 28.7 Å². The molecule has 0 aliphatic heterocycles. The van der Waals surface area contributed by atoms with E-state index in [1.807, 2.05) is 11.8 Å². The molecule has 0 radical (unpaired) electrons. The summed E-state index contributed by atoms with van der Waals surface area (Å²) in [4.78, 5) is 16.1. The second kappa shape index (κ2) is 6.75. The number of thioether (sulfide) groups is 1. The molecule has 1 saturated carbocycles. The van der Waals surface area contributed by atoms with Crippen LogP contribution in [0.5, 0.6) is 0 Å². The van der Waals surface area contributed by atoms with E-state index in [-0.39, 0.29) is 0 Å². The van der Waals surface area contributed by atoms with Gasteiger partial charge in [0, 0.05) is 11.3 Å². The highest BCUT2D eigenvalue weighted by molar-refractivity contribution is 8.00. The van der Waals surface area contributed by atoms with E-state index >= 15 is 0 Å². The van der Waals surface area contributed by atoms with Crippen molar-refractivity contribution in [1.82, 2.24) is 25.3 Å². The van der Waals surface area contributed by atoms with Crippen LogP contribution in [0.4, 0.5) is 0 Å². The van der Waals surface area contributed by atoms with Crippen LogP contribution < -0.4 is 5.32 Å². The maximum Gasteiger partial charge on any atom is 0.181 e. The average molecular weight is 305 g/mol. The maximum absolute atomic E-state index is 4.47. The van der Waals surface area contributed by atoms with Gasteiger partial charge in [-0.2, -0.15) is 0 Å². The molecule has 21 heavy (non-hydrogen) atoms. The van der Waals surface area contributed by atoms with Crippen LogP contribution in [-0.4, -0.2) is 37.8 Å². The average Bonchev–Trinajstić information content (AvgIpc) is 2.99. The number of nitrogens with one attached hydrogen (secondary N) is 2. The van der Waals surface area contributed by atoms with Crippen molar-refractivity contribution in [1.29, 1.82) is 0 Å². The van der Waals surface area contributed by atoms with Crippen LogP contribution in [-0.2, 0) is 0 Å². The molecule has 0 amide bonds. The highest BCUT2D eigenvalue weighted by Crippen LogP contribution is 2.38. The third-order valence-electron chi connectivity index (χ3n) is 4.40. The molecular weight excluding hydrogens is 282 g/mol. The molecule has 5 nitrogen and oxygen atoms in total. The number of nitrogens with zero attached hydrogens (tertiary/aromatic N) is 3. The summed E-state index contributed by atoms with van der Waals surface area (Å²) < 4.78 is 0. The SMILES string of the molecule is CCNC1CCC(CC)CC1Sc1ncnc2nc[nH]c12. The molecule has 2 heterocycles. The predicted octanol–water partition coefficient (Wildman–Crippen LogP) is 3.00. The fourth-order valence-electron chi connectivity index (χ4n) is 3.18. The lowest BCUT2D eigenvalue weighted by atomic mass is 9.84. The lowest BCUT2D eigenvalue weighted by Gasteiger charge is -2.35. The van der Waals surface area contributed by atoms with E-state index in [2.05, 4.69) is 39.1 Å². The Morgan fingerprint density at radius 1 is 1.29 bits per heavy atom. The van der Waals surface area contributed by atoms with Crippen LogP contribution in [0.2, 0.25) is 0 Å². The van der Waals surface area contributed by atoms with Gasteiger partial charge in [-0.25, -0.2) is 15.0 Å². The lowest BCUT2D eigenvalue weighted by Crippen LogP contribution is -2.42. The van der Waals surface area contributed by atoms with Crippen LogP contribution >= 0.6 is 11.8 Å². The van der Waals surface area contributed by atoms with Gasteiger partial charge >= 0.3 is 0 Å². The molecule has 3 unspecified atom stereocenters. The Morgan fingerprint density at radius 3 is 3.00 bits per heavy atom. The molecule has 1 fully saturated rings. The molecule has 1 aliphatic rings. The second-order valence-corrected chi connectivity index (χ2v) is 6.92. The standard InChI is InChI=1S/C15H23N5S/c1-3-10-5-6-11(16-4-2)12(7-10)21-15-13-14(18-8-17-13)19-9-20-15/h8-12,16H,3-7H2,1-2H3,(H,17,18,19,20). The summed E-state index contributed by atoms with van der Waals surface area (Å²) >= 11 is 1.88. The normalized spacial score (nSPS) is 26.3. The molecular formula is C15H23N5S. The van der Waals surface area contributed by atoms with Crippen molar-refractivity contribution in [2.75, 3.05) is 6.54 Å². The molecule has 3 atom stereocenters. The van der Waals surface area contributed by atoms with Gasteiger partial charge in [-0.1, -0.05) is 32.0 Å². The molecule has 6 heteroatoms. The number of aromatic nitrogens is 4. The summed E-state index contributed by atoms with van der Waals surface area (Å²) in [6.07, 6.45) is 8.46. The van der Waals surface area contributed by atoms with Gasteiger partial charge < -0.3 is 10.3 Å². The zero-order valence-corrected chi connectivity index (χ0v) is 13.5. The number of hydrogen-bond acceptors (Lipinski definition) is 5. The van der Waals surface area contributed by atoms with Crippen molar-refractivity contribution < 1.29 is 0 Å².